The maximum Gasteiger partial charge on any atom is 0.117 e. The second-order valence-electron chi connectivity index (χ2n) is 20.4. The van der Waals surface area contributed by atoms with Crippen molar-refractivity contribution in [2.45, 2.75) is 57.3 Å². The molecular weight excluding hydrogens is 841 g/mol. The average molecular weight is 895 g/mol. The van der Waals surface area contributed by atoms with Crippen molar-refractivity contribution < 1.29 is 0 Å². The van der Waals surface area contributed by atoms with Gasteiger partial charge in [0.05, 0.1) is 5.69 Å². The molecule has 67 heavy (non-hydrogen) atoms. The van der Waals surface area contributed by atoms with E-state index in [1.54, 1.807) is 0 Å². The molecule has 2 heterocycles. The van der Waals surface area contributed by atoms with Crippen molar-refractivity contribution >= 4 is 93.9 Å². The topological polar surface area (TPSA) is 6.48 Å². The molecule has 0 atom stereocenters. The summed E-state index contributed by atoms with van der Waals surface area (Å²) in [6.45, 7) is 9.99. The number of rotatable bonds is 5. The van der Waals surface area contributed by atoms with E-state index in [4.69, 9.17) is 0 Å². The predicted molar refractivity (Wildman–Crippen MR) is 292 cm³/mol. The molecule has 2 aliphatic carbocycles. The second-order valence-corrected chi connectivity index (χ2v) is 29.1. The van der Waals surface area contributed by atoms with E-state index in [-0.39, 0.29) is 5.41 Å². The first-order valence-electron chi connectivity index (χ1n) is 24.3. The van der Waals surface area contributed by atoms with E-state index in [1.165, 1.54) is 136 Å². The van der Waals surface area contributed by atoms with E-state index >= 15 is 0 Å². The van der Waals surface area contributed by atoms with Crippen LogP contribution in [0.3, 0.4) is 0 Å². The third-order valence-corrected chi connectivity index (χ3v) is 23.3. The van der Waals surface area contributed by atoms with Crippen molar-refractivity contribution in [3.8, 4) is 22.3 Å². The molecule has 2 nitrogen and oxygen atoms in total. The summed E-state index contributed by atoms with van der Waals surface area (Å²) in [6, 6.07) is 73.9. The van der Waals surface area contributed by atoms with Crippen LogP contribution >= 0.6 is 0 Å². The van der Waals surface area contributed by atoms with Crippen LogP contribution in [0.5, 0.6) is 0 Å². The van der Waals surface area contributed by atoms with Gasteiger partial charge in [-0.3, -0.25) is 0 Å². The van der Waals surface area contributed by atoms with Gasteiger partial charge >= 0.3 is 0 Å². The molecule has 4 aliphatic rings. The number of hydrogen-bond acceptors (Lipinski definition) is 2. The third-order valence-electron chi connectivity index (χ3n) is 16.2. The Morgan fingerprint density at radius 3 is 1.42 bits per heavy atom. The molecule has 0 radical (unpaired) electrons. The van der Waals surface area contributed by atoms with Gasteiger partial charge in [0.2, 0.25) is 0 Å². The van der Waals surface area contributed by atoms with E-state index in [1.807, 2.05) is 0 Å². The van der Waals surface area contributed by atoms with Gasteiger partial charge < -0.3 is 9.80 Å². The van der Waals surface area contributed by atoms with Crippen LogP contribution in [-0.4, -0.2) is 16.1 Å². The Hall–Kier alpha value is -6.99. The Morgan fingerprint density at radius 2 is 0.836 bits per heavy atom. The molecule has 0 bridgehead atoms. The summed E-state index contributed by atoms with van der Waals surface area (Å²) >= 11 is 0. The monoisotopic (exact) mass is 894 g/mol. The molecule has 13 rings (SSSR count). The van der Waals surface area contributed by atoms with Gasteiger partial charge in [0.1, 0.15) is 16.1 Å². The van der Waals surface area contributed by atoms with E-state index < -0.39 is 16.1 Å². The van der Waals surface area contributed by atoms with E-state index in [9.17, 15) is 0 Å². The zero-order valence-corrected chi connectivity index (χ0v) is 40.9. The fourth-order valence-corrected chi connectivity index (χ4v) is 18.8. The van der Waals surface area contributed by atoms with Crippen LogP contribution in [-0.2, 0) is 5.41 Å². The maximum atomic E-state index is 2.57. The first kappa shape index (κ1) is 40.3. The molecule has 324 valence electrons. The minimum Gasteiger partial charge on any atom is -0.311 e. The maximum absolute atomic E-state index is 2.57. The van der Waals surface area contributed by atoms with Gasteiger partial charge in [-0.2, -0.15) is 0 Å². The van der Waals surface area contributed by atoms with Crippen molar-refractivity contribution in [2.75, 3.05) is 9.80 Å². The van der Waals surface area contributed by atoms with Crippen molar-refractivity contribution in [1.82, 2.24) is 0 Å². The molecule has 1 saturated carbocycles. The largest absolute Gasteiger partial charge is 0.311 e. The molecule has 9 aromatic rings. The normalized spacial score (nSPS) is 16.7. The van der Waals surface area contributed by atoms with Crippen molar-refractivity contribution in [1.29, 1.82) is 0 Å². The highest BCUT2D eigenvalue weighted by molar-refractivity contribution is 7.03. The van der Waals surface area contributed by atoms with Crippen molar-refractivity contribution in [2.24, 2.45) is 0 Å². The van der Waals surface area contributed by atoms with Crippen LogP contribution in [0.25, 0.3) is 45.2 Å². The highest BCUT2D eigenvalue weighted by Crippen LogP contribution is 2.58. The van der Waals surface area contributed by atoms with Gasteiger partial charge in [-0.25, -0.2) is 0 Å². The number of fused-ring (bicyclic) bond motifs is 10. The molecule has 0 N–H and O–H groups in total. The summed E-state index contributed by atoms with van der Waals surface area (Å²) in [5.41, 5.74) is 18.7. The standard InChI is InChI=1S/C63H54N2Si2/c1-66(2)59-23-11-7-19-55(59)64(56-20-8-12-24-60(56)66)46-34-36-50-49-35-31-44(41-52(49)63(53(50)42-46)39-15-16-40-63)28-27-43-29-32-45(33-30-43)47-37-38-54(51-18-6-5-17-48(47)51)65-57-21-9-13-25-61(57)67(3,4)62-26-14-10-22-58(62)65/h5-14,17-38,41-42H,15-16,39-40H2,1-4H3. The summed E-state index contributed by atoms with van der Waals surface area (Å²) in [6.07, 6.45) is 9.55. The lowest BCUT2D eigenvalue weighted by molar-refractivity contribution is 0.550. The molecule has 0 aromatic heterocycles. The second kappa shape index (κ2) is 15.0. The van der Waals surface area contributed by atoms with Crippen LogP contribution in [0.15, 0.2) is 194 Å². The fourth-order valence-electron chi connectivity index (χ4n) is 12.8. The zero-order chi connectivity index (χ0) is 45.1. The SMILES string of the molecule is C[Si]1(C)c2ccccc2N(c2ccc3c(c2)C2(CCCC2)c2cc(C=Cc4ccc(-c5ccc(N6c7ccccc7[Si](C)(C)c7ccccc76)c6ccccc56)cc4)ccc2-3)c2ccccc21. The van der Waals surface area contributed by atoms with Gasteiger partial charge in [0.25, 0.3) is 0 Å². The molecule has 9 aromatic carbocycles. The van der Waals surface area contributed by atoms with Crippen molar-refractivity contribution in [3.05, 3.63) is 216 Å². The van der Waals surface area contributed by atoms with Gasteiger partial charge in [0, 0.05) is 39.2 Å². The summed E-state index contributed by atoms with van der Waals surface area (Å²) < 4.78 is 0. The quantitative estimate of drug-likeness (QED) is 0.125. The first-order valence-corrected chi connectivity index (χ1v) is 30.3. The lowest BCUT2D eigenvalue weighted by Crippen LogP contribution is -2.58. The van der Waals surface area contributed by atoms with E-state index in [2.05, 4.69) is 242 Å². The number of anilines is 6. The Labute approximate surface area is 397 Å². The number of nitrogens with zero attached hydrogens (tertiary/aromatic N) is 2. The summed E-state index contributed by atoms with van der Waals surface area (Å²) in [5, 5.41) is 8.52. The lowest BCUT2D eigenvalue weighted by Gasteiger charge is -2.41. The predicted octanol–water partition coefficient (Wildman–Crippen LogP) is 14.7. The smallest absolute Gasteiger partial charge is 0.117 e. The highest BCUT2D eigenvalue weighted by atomic mass is 28.3. The minimum atomic E-state index is -1.87. The van der Waals surface area contributed by atoms with Crippen LogP contribution in [0.2, 0.25) is 26.2 Å². The fraction of sp³-hybridized carbons (Fsp3) is 0.143. The molecule has 4 heteroatoms. The number of hydrogen-bond donors (Lipinski definition) is 0. The van der Waals surface area contributed by atoms with E-state index in [0.717, 1.165) is 0 Å². The van der Waals surface area contributed by atoms with Crippen LogP contribution < -0.4 is 30.5 Å². The molecular formula is C63H54N2Si2. The first-order chi connectivity index (χ1) is 32.7. The molecule has 1 spiro atoms. The summed E-state index contributed by atoms with van der Waals surface area (Å²) in [5.74, 6) is 0. The lowest BCUT2D eigenvalue weighted by atomic mass is 9.76. The van der Waals surface area contributed by atoms with E-state index in [0.29, 0.717) is 0 Å². The molecule has 2 aliphatic heterocycles. The highest BCUT2D eigenvalue weighted by Gasteiger charge is 2.46. The Kier molecular flexibility index (Phi) is 9.03. The van der Waals surface area contributed by atoms with Crippen LogP contribution in [0.1, 0.15) is 47.9 Å². The van der Waals surface area contributed by atoms with Crippen LogP contribution in [0, 0.1) is 0 Å². The number of benzene rings is 9. The number of para-hydroxylation sites is 4. The molecule has 0 amide bonds. The Balaban J connectivity index is 0.813. The Morgan fingerprint density at radius 1 is 0.388 bits per heavy atom. The van der Waals surface area contributed by atoms with Gasteiger partial charge in [-0.1, -0.05) is 203 Å². The van der Waals surface area contributed by atoms with Gasteiger partial charge in [0.15, 0.2) is 0 Å². The zero-order valence-electron chi connectivity index (χ0n) is 38.9. The van der Waals surface area contributed by atoms with Gasteiger partial charge in [-0.05, 0) is 126 Å². The van der Waals surface area contributed by atoms with Crippen molar-refractivity contribution in [3.63, 3.8) is 0 Å². The molecule has 0 unspecified atom stereocenters. The minimum absolute atomic E-state index is 0.0480. The van der Waals surface area contributed by atoms with Crippen LogP contribution in [0.4, 0.5) is 34.1 Å². The average Bonchev–Trinajstić information content (AvgIpc) is 3.97. The third kappa shape index (κ3) is 5.99. The summed E-state index contributed by atoms with van der Waals surface area (Å²) in [7, 11) is -3.73. The summed E-state index contributed by atoms with van der Waals surface area (Å²) in [4.78, 5) is 5.07. The molecule has 1 fully saturated rings. The molecule has 0 saturated heterocycles. The van der Waals surface area contributed by atoms with Gasteiger partial charge in [-0.15, -0.1) is 0 Å². The Bertz CT molecular complexity index is 3400.